The molecule has 5 heteroatoms. The Balaban J connectivity index is 2.25. The van der Waals surface area contributed by atoms with Crippen LogP contribution in [0.2, 0.25) is 0 Å². The fraction of sp³-hybridized carbons (Fsp3) is 0.125. The third kappa shape index (κ3) is 2.33. The number of aldehydes is 1. The fourth-order valence-electron chi connectivity index (χ4n) is 2.36. The molecule has 104 valence electrons. The molecule has 0 spiro atoms. The van der Waals surface area contributed by atoms with Crippen LogP contribution in [0.1, 0.15) is 21.6 Å². The van der Waals surface area contributed by atoms with Crippen LogP contribution in [0.5, 0.6) is 0 Å². The lowest BCUT2D eigenvalue weighted by Gasteiger charge is -2.10. The van der Waals surface area contributed by atoms with Gasteiger partial charge in [-0.1, -0.05) is 22.9 Å². The maximum atomic E-state index is 11.3. The number of pyridine rings is 1. The molecule has 0 saturated heterocycles. The third-order valence-corrected chi connectivity index (χ3v) is 3.34. The summed E-state index contributed by atoms with van der Waals surface area (Å²) >= 11 is 0. The molecule has 0 bridgehead atoms. The molecule has 2 heterocycles. The van der Waals surface area contributed by atoms with Crippen molar-refractivity contribution in [2.75, 3.05) is 0 Å². The number of nitrogens with zero attached hydrogens (tertiary/aromatic N) is 4. The lowest BCUT2D eigenvalue weighted by molar-refractivity contribution is 0.111. The van der Waals surface area contributed by atoms with Crippen molar-refractivity contribution in [3.8, 4) is 16.9 Å². The first kappa shape index (κ1) is 13.2. The van der Waals surface area contributed by atoms with Crippen molar-refractivity contribution in [3.05, 3.63) is 59.5 Å². The summed E-state index contributed by atoms with van der Waals surface area (Å²) in [5.41, 5.74) is 5.02. The monoisotopic (exact) mass is 278 g/mol. The second kappa shape index (κ2) is 5.28. The van der Waals surface area contributed by atoms with Gasteiger partial charge in [-0.15, -0.1) is 5.10 Å². The maximum absolute atomic E-state index is 11.3. The number of carbonyl (C=O) groups excluding carboxylic acids is 1. The van der Waals surface area contributed by atoms with Gasteiger partial charge in [0.15, 0.2) is 12.0 Å². The molecule has 1 aromatic carbocycles. The molecule has 0 aliphatic carbocycles. The molecule has 0 aliphatic heterocycles. The van der Waals surface area contributed by atoms with Gasteiger partial charge < -0.3 is 0 Å². The number of hydrogen-bond donors (Lipinski definition) is 0. The summed E-state index contributed by atoms with van der Waals surface area (Å²) in [5, 5.41) is 8.11. The number of aromatic nitrogens is 4. The summed E-state index contributed by atoms with van der Waals surface area (Å²) in [6, 6.07) is 9.75. The number of rotatable bonds is 3. The van der Waals surface area contributed by atoms with Crippen LogP contribution in [-0.4, -0.2) is 26.3 Å². The third-order valence-electron chi connectivity index (χ3n) is 3.34. The van der Waals surface area contributed by atoms with E-state index in [2.05, 4.69) is 21.4 Å². The number of carbonyl (C=O) groups is 1. The van der Waals surface area contributed by atoms with E-state index in [0.717, 1.165) is 23.1 Å². The molecule has 0 N–H and O–H groups in total. The molecule has 0 atom stereocenters. The Morgan fingerprint density at radius 1 is 1.10 bits per heavy atom. The highest BCUT2D eigenvalue weighted by Gasteiger charge is 2.16. The Bertz CT molecular complexity index is 793. The second-order valence-electron chi connectivity index (χ2n) is 4.88. The minimum atomic E-state index is 0.321. The molecule has 3 aromatic rings. The Morgan fingerprint density at radius 2 is 1.86 bits per heavy atom. The quantitative estimate of drug-likeness (QED) is 0.691. The predicted molar refractivity (Wildman–Crippen MR) is 79.5 cm³/mol. The van der Waals surface area contributed by atoms with Crippen LogP contribution in [0.3, 0.4) is 0 Å². The molecule has 3 rings (SSSR count). The van der Waals surface area contributed by atoms with Crippen molar-refractivity contribution in [2.24, 2.45) is 0 Å². The zero-order valence-electron chi connectivity index (χ0n) is 11.8. The summed E-state index contributed by atoms with van der Waals surface area (Å²) in [4.78, 5) is 15.3. The number of hydrogen-bond acceptors (Lipinski definition) is 4. The highest BCUT2D eigenvalue weighted by molar-refractivity contribution is 5.83. The van der Waals surface area contributed by atoms with E-state index in [1.54, 1.807) is 17.1 Å². The van der Waals surface area contributed by atoms with E-state index in [-0.39, 0.29) is 0 Å². The van der Waals surface area contributed by atoms with Gasteiger partial charge in [-0.2, -0.15) is 0 Å². The van der Waals surface area contributed by atoms with Crippen molar-refractivity contribution in [1.29, 1.82) is 0 Å². The van der Waals surface area contributed by atoms with Crippen LogP contribution in [0.15, 0.2) is 42.7 Å². The van der Waals surface area contributed by atoms with E-state index in [1.807, 2.05) is 38.1 Å². The molecule has 2 aromatic heterocycles. The van der Waals surface area contributed by atoms with Crippen molar-refractivity contribution in [1.82, 2.24) is 20.0 Å². The Morgan fingerprint density at radius 3 is 2.52 bits per heavy atom. The van der Waals surface area contributed by atoms with Gasteiger partial charge in [0.25, 0.3) is 0 Å². The largest absolute Gasteiger partial charge is 0.296 e. The minimum absolute atomic E-state index is 0.321. The van der Waals surface area contributed by atoms with Gasteiger partial charge in [0.2, 0.25) is 0 Å². The summed E-state index contributed by atoms with van der Waals surface area (Å²) in [6.07, 6.45) is 4.09. The van der Waals surface area contributed by atoms with E-state index < -0.39 is 0 Å². The Labute approximate surface area is 122 Å². The van der Waals surface area contributed by atoms with E-state index in [9.17, 15) is 4.79 Å². The first-order chi connectivity index (χ1) is 10.2. The van der Waals surface area contributed by atoms with Gasteiger partial charge in [0.05, 0.1) is 5.69 Å². The standard InChI is InChI=1S/C16H14N4O/c1-11-3-4-15(12(2)9-11)20-16(14(10-21)18-19-20)13-5-7-17-8-6-13/h3-10H,1-2H3. The highest BCUT2D eigenvalue weighted by Crippen LogP contribution is 2.25. The molecule has 5 nitrogen and oxygen atoms in total. The molecule has 0 saturated carbocycles. The predicted octanol–water partition coefficient (Wildman–Crippen LogP) is 2.76. The van der Waals surface area contributed by atoms with Crippen LogP contribution in [0.25, 0.3) is 16.9 Å². The van der Waals surface area contributed by atoms with Crippen molar-refractivity contribution >= 4 is 6.29 Å². The zero-order valence-corrected chi connectivity index (χ0v) is 11.8. The van der Waals surface area contributed by atoms with Crippen LogP contribution in [0.4, 0.5) is 0 Å². The minimum Gasteiger partial charge on any atom is -0.296 e. The topological polar surface area (TPSA) is 60.7 Å². The molecular formula is C16H14N4O. The van der Waals surface area contributed by atoms with Gasteiger partial charge in [-0.25, -0.2) is 4.68 Å². The molecule has 0 radical (unpaired) electrons. The average Bonchev–Trinajstić information content (AvgIpc) is 2.92. The first-order valence-corrected chi connectivity index (χ1v) is 6.59. The van der Waals surface area contributed by atoms with Gasteiger partial charge in [0, 0.05) is 18.0 Å². The Hall–Kier alpha value is -2.82. The molecule has 0 fully saturated rings. The van der Waals surface area contributed by atoms with Crippen LogP contribution in [-0.2, 0) is 0 Å². The second-order valence-corrected chi connectivity index (χ2v) is 4.88. The molecule has 21 heavy (non-hydrogen) atoms. The lowest BCUT2D eigenvalue weighted by Crippen LogP contribution is -2.02. The van der Waals surface area contributed by atoms with Crippen LogP contribution in [0, 0.1) is 13.8 Å². The van der Waals surface area contributed by atoms with Crippen molar-refractivity contribution in [2.45, 2.75) is 13.8 Å². The van der Waals surface area contributed by atoms with Gasteiger partial charge in [0.1, 0.15) is 5.69 Å². The van der Waals surface area contributed by atoms with E-state index >= 15 is 0 Å². The smallest absolute Gasteiger partial charge is 0.172 e. The number of aryl methyl sites for hydroxylation is 2. The molecular weight excluding hydrogens is 264 g/mol. The van der Waals surface area contributed by atoms with Gasteiger partial charge in [-0.05, 0) is 37.6 Å². The van der Waals surface area contributed by atoms with E-state index in [1.165, 1.54) is 5.56 Å². The maximum Gasteiger partial charge on any atom is 0.172 e. The molecule has 0 amide bonds. The number of benzene rings is 1. The van der Waals surface area contributed by atoms with E-state index in [4.69, 9.17) is 0 Å². The summed E-state index contributed by atoms with van der Waals surface area (Å²) in [5.74, 6) is 0. The molecule has 0 unspecified atom stereocenters. The Kier molecular flexibility index (Phi) is 3.31. The van der Waals surface area contributed by atoms with E-state index in [0.29, 0.717) is 11.4 Å². The zero-order chi connectivity index (χ0) is 14.8. The normalized spacial score (nSPS) is 10.6. The summed E-state index contributed by atoms with van der Waals surface area (Å²) < 4.78 is 1.70. The van der Waals surface area contributed by atoms with Gasteiger partial charge in [-0.3, -0.25) is 9.78 Å². The summed E-state index contributed by atoms with van der Waals surface area (Å²) in [7, 11) is 0. The SMILES string of the molecule is Cc1ccc(-n2nnc(C=O)c2-c2ccncc2)c(C)c1. The lowest BCUT2D eigenvalue weighted by atomic mass is 10.1. The first-order valence-electron chi connectivity index (χ1n) is 6.59. The van der Waals surface area contributed by atoms with Crippen LogP contribution >= 0.6 is 0 Å². The van der Waals surface area contributed by atoms with Crippen molar-refractivity contribution in [3.63, 3.8) is 0 Å². The average molecular weight is 278 g/mol. The molecule has 0 aliphatic rings. The van der Waals surface area contributed by atoms with Crippen molar-refractivity contribution < 1.29 is 4.79 Å². The summed E-state index contributed by atoms with van der Waals surface area (Å²) in [6.45, 7) is 4.06. The van der Waals surface area contributed by atoms with Crippen LogP contribution < -0.4 is 0 Å². The highest BCUT2D eigenvalue weighted by atomic mass is 16.1. The van der Waals surface area contributed by atoms with Gasteiger partial charge >= 0.3 is 0 Å². The fourth-order valence-corrected chi connectivity index (χ4v) is 2.36.